The maximum atomic E-state index is 11.1. The normalized spacial score (nSPS) is 35.6. The van der Waals surface area contributed by atoms with Crippen molar-refractivity contribution in [1.82, 2.24) is 4.90 Å². The summed E-state index contributed by atoms with van der Waals surface area (Å²) >= 11 is 0. The molecule has 2 aliphatic rings. The molecule has 1 heterocycles. The lowest BCUT2D eigenvalue weighted by molar-refractivity contribution is -0.158. The van der Waals surface area contributed by atoms with Crippen molar-refractivity contribution < 1.29 is 19.8 Å². The van der Waals surface area contributed by atoms with Gasteiger partial charge in [0.2, 0.25) is 0 Å². The maximum absolute atomic E-state index is 11.1. The summed E-state index contributed by atoms with van der Waals surface area (Å²) in [5.41, 5.74) is 0. The van der Waals surface area contributed by atoms with Crippen molar-refractivity contribution in [3.8, 4) is 0 Å². The van der Waals surface area contributed by atoms with Crippen molar-refractivity contribution in [3.05, 3.63) is 12.7 Å². The number of likely N-dealkylation sites (tertiary alicyclic amines) is 1. The van der Waals surface area contributed by atoms with Gasteiger partial charge in [-0.2, -0.15) is 0 Å². The Hall–Kier alpha value is -1.52. The zero-order valence-corrected chi connectivity index (χ0v) is 9.58. The Morgan fingerprint density at radius 3 is 2.65 bits per heavy atom. The summed E-state index contributed by atoms with van der Waals surface area (Å²) in [4.78, 5) is 23.5. The molecule has 94 valence electrons. The van der Waals surface area contributed by atoms with Crippen LogP contribution >= 0.6 is 0 Å². The van der Waals surface area contributed by atoms with Crippen LogP contribution in [0.5, 0.6) is 0 Å². The van der Waals surface area contributed by atoms with Gasteiger partial charge in [0.25, 0.3) is 0 Å². The lowest BCUT2D eigenvalue weighted by Crippen LogP contribution is -2.62. The third-order valence-corrected chi connectivity index (χ3v) is 4.12. The number of fused-ring (bicyclic) bond motifs is 1. The number of aliphatic carboxylic acids is 1. The molecule has 1 saturated carbocycles. The molecule has 4 unspecified atom stereocenters. The Morgan fingerprint density at radius 1 is 1.41 bits per heavy atom. The molecule has 5 nitrogen and oxygen atoms in total. The van der Waals surface area contributed by atoms with Crippen LogP contribution in [0.4, 0.5) is 4.79 Å². The molecular formula is C12H17NO4. The van der Waals surface area contributed by atoms with Gasteiger partial charge in [0, 0.05) is 12.6 Å². The van der Waals surface area contributed by atoms with E-state index >= 15 is 0 Å². The third kappa shape index (κ3) is 1.90. The molecule has 4 atom stereocenters. The number of carbonyl (C=O) groups is 2. The second-order valence-corrected chi connectivity index (χ2v) is 4.87. The number of carboxylic acids is 1. The monoisotopic (exact) mass is 239 g/mol. The molecule has 17 heavy (non-hydrogen) atoms. The molecule has 0 radical (unpaired) electrons. The van der Waals surface area contributed by atoms with Gasteiger partial charge in [0.05, 0.1) is 5.92 Å². The Bertz CT molecular complexity index is 354. The summed E-state index contributed by atoms with van der Waals surface area (Å²) < 4.78 is 0. The number of hydrogen-bond donors (Lipinski definition) is 2. The van der Waals surface area contributed by atoms with E-state index in [9.17, 15) is 9.59 Å². The first-order chi connectivity index (χ1) is 8.06. The van der Waals surface area contributed by atoms with Crippen LogP contribution in [0.15, 0.2) is 12.7 Å². The average molecular weight is 239 g/mol. The number of nitrogens with zero attached hydrogens (tertiary/aromatic N) is 1. The Balaban J connectivity index is 2.14. The summed E-state index contributed by atoms with van der Waals surface area (Å²) in [5, 5.41) is 18.2. The zero-order valence-electron chi connectivity index (χ0n) is 9.58. The Labute approximate surface area is 99.7 Å². The second kappa shape index (κ2) is 4.39. The highest BCUT2D eigenvalue weighted by molar-refractivity contribution is 5.73. The summed E-state index contributed by atoms with van der Waals surface area (Å²) in [7, 11) is 0. The van der Waals surface area contributed by atoms with Crippen LogP contribution in [0, 0.1) is 17.8 Å². The summed E-state index contributed by atoms with van der Waals surface area (Å²) in [6, 6.07) is -0.104. The van der Waals surface area contributed by atoms with Gasteiger partial charge in [0.15, 0.2) is 0 Å². The molecule has 1 aliphatic heterocycles. The Morgan fingerprint density at radius 2 is 2.12 bits per heavy atom. The fourth-order valence-corrected chi connectivity index (χ4v) is 3.28. The molecule has 2 rings (SSSR count). The maximum Gasteiger partial charge on any atom is 0.407 e. The van der Waals surface area contributed by atoms with Gasteiger partial charge in [-0.1, -0.05) is 6.08 Å². The summed E-state index contributed by atoms with van der Waals surface area (Å²) in [5.74, 6) is -0.946. The first kappa shape index (κ1) is 12.0. The molecule has 0 aromatic rings. The van der Waals surface area contributed by atoms with E-state index in [1.165, 1.54) is 4.90 Å². The molecule has 0 spiro atoms. The highest BCUT2D eigenvalue weighted by atomic mass is 16.4. The van der Waals surface area contributed by atoms with E-state index in [-0.39, 0.29) is 23.8 Å². The molecule has 1 aliphatic carbocycles. The lowest BCUT2D eigenvalue weighted by Gasteiger charge is -2.54. The van der Waals surface area contributed by atoms with E-state index in [0.717, 1.165) is 12.8 Å². The van der Waals surface area contributed by atoms with Crippen molar-refractivity contribution in [2.75, 3.05) is 6.54 Å². The van der Waals surface area contributed by atoms with Crippen LogP contribution in [0.3, 0.4) is 0 Å². The van der Waals surface area contributed by atoms with E-state index in [1.54, 1.807) is 6.08 Å². The Kier molecular flexibility index (Phi) is 3.09. The van der Waals surface area contributed by atoms with E-state index < -0.39 is 12.1 Å². The van der Waals surface area contributed by atoms with Crippen molar-refractivity contribution in [3.63, 3.8) is 0 Å². The standard InChI is InChI=1S/C12H17NO4/c1-2-3-7-4-5-13(12(16)17)9-6-8(10(7)9)11(14)15/h2,7-10H,1,3-6H2,(H,14,15)(H,16,17). The number of allylic oxidation sites excluding steroid dienone is 1. The number of rotatable bonds is 3. The van der Waals surface area contributed by atoms with Crippen LogP contribution in [-0.4, -0.2) is 39.8 Å². The van der Waals surface area contributed by atoms with Crippen molar-refractivity contribution in [1.29, 1.82) is 0 Å². The number of hydrogen-bond acceptors (Lipinski definition) is 2. The van der Waals surface area contributed by atoms with Crippen LogP contribution in [-0.2, 0) is 4.79 Å². The fourth-order valence-electron chi connectivity index (χ4n) is 3.28. The van der Waals surface area contributed by atoms with Gasteiger partial charge in [-0.05, 0) is 31.1 Å². The summed E-state index contributed by atoms with van der Waals surface area (Å²) in [6.07, 6.45) is 2.85. The van der Waals surface area contributed by atoms with Crippen molar-refractivity contribution >= 4 is 12.1 Å². The minimum Gasteiger partial charge on any atom is -0.481 e. The van der Waals surface area contributed by atoms with E-state index in [0.29, 0.717) is 13.0 Å². The van der Waals surface area contributed by atoms with E-state index in [2.05, 4.69) is 6.58 Å². The van der Waals surface area contributed by atoms with Gasteiger partial charge >= 0.3 is 12.1 Å². The van der Waals surface area contributed by atoms with Gasteiger partial charge in [-0.25, -0.2) is 4.79 Å². The van der Waals surface area contributed by atoms with Gasteiger partial charge in [0.1, 0.15) is 0 Å². The van der Waals surface area contributed by atoms with Gasteiger partial charge in [-0.3, -0.25) is 4.79 Å². The second-order valence-electron chi connectivity index (χ2n) is 4.87. The first-order valence-electron chi connectivity index (χ1n) is 5.89. The van der Waals surface area contributed by atoms with Gasteiger partial charge in [-0.15, -0.1) is 6.58 Å². The van der Waals surface area contributed by atoms with Crippen molar-refractivity contribution in [2.45, 2.75) is 25.3 Å². The molecule has 5 heteroatoms. The molecular weight excluding hydrogens is 222 g/mol. The van der Waals surface area contributed by atoms with E-state index in [4.69, 9.17) is 10.2 Å². The molecule has 2 fully saturated rings. The highest BCUT2D eigenvalue weighted by Crippen LogP contribution is 2.48. The minimum absolute atomic E-state index is 0.0321. The zero-order chi connectivity index (χ0) is 12.6. The molecule has 0 aromatic heterocycles. The minimum atomic E-state index is -0.930. The van der Waals surface area contributed by atoms with E-state index in [1.807, 2.05) is 0 Å². The van der Waals surface area contributed by atoms with Gasteiger partial charge < -0.3 is 15.1 Å². The first-order valence-corrected chi connectivity index (χ1v) is 5.89. The quantitative estimate of drug-likeness (QED) is 0.734. The lowest BCUT2D eigenvalue weighted by atomic mass is 9.59. The van der Waals surface area contributed by atoms with Crippen LogP contribution in [0.25, 0.3) is 0 Å². The average Bonchev–Trinajstić information content (AvgIpc) is 2.19. The molecule has 1 amide bonds. The van der Waals surface area contributed by atoms with Crippen LogP contribution < -0.4 is 0 Å². The number of amides is 1. The predicted octanol–water partition coefficient (Wildman–Crippen LogP) is 1.65. The molecule has 2 N–H and O–H groups in total. The molecule has 0 bridgehead atoms. The third-order valence-electron chi connectivity index (χ3n) is 4.12. The fraction of sp³-hybridized carbons (Fsp3) is 0.667. The van der Waals surface area contributed by atoms with Crippen molar-refractivity contribution in [2.24, 2.45) is 17.8 Å². The number of carboxylic acid groups (broad SMARTS) is 2. The van der Waals surface area contributed by atoms with Crippen LogP contribution in [0.2, 0.25) is 0 Å². The smallest absolute Gasteiger partial charge is 0.407 e. The molecule has 0 aromatic carbocycles. The molecule has 1 saturated heterocycles. The number of piperidine rings is 1. The highest BCUT2D eigenvalue weighted by Gasteiger charge is 2.54. The summed E-state index contributed by atoms with van der Waals surface area (Å²) in [6.45, 7) is 4.20. The predicted molar refractivity (Wildman–Crippen MR) is 60.7 cm³/mol. The topological polar surface area (TPSA) is 77.8 Å². The van der Waals surface area contributed by atoms with Crippen LogP contribution in [0.1, 0.15) is 19.3 Å². The largest absolute Gasteiger partial charge is 0.481 e. The SMILES string of the molecule is C=CCC1CCN(C(=O)O)C2CC(C(=O)O)C12.